The molecule has 1 aliphatic heterocycles. The Kier molecular flexibility index (Phi) is 4.35. The largest absolute Gasteiger partial charge is 0.465 e. The molecule has 0 amide bonds. The van der Waals surface area contributed by atoms with E-state index in [1.165, 1.54) is 0 Å². The lowest BCUT2D eigenvalue weighted by Gasteiger charge is -2.35. The summed E-state index contributed by atoms with van der Waals surface area (Å²) in [5.74, 6) is -0.117. The first kappa shape index (κ1) is 11.5. The second kappa shape index (κ2) is 5.32. The van der Waals surface area contributed by atoms with Crippen molar-refractivity contribution in [2.75, 3.05) is 26.2 Å². The molecule has 2 atom stereocenters. The third-order valence-corrected chi connectivity index (χ3v) is 2.29. The molecule has 0 saturated carbocycles. The number of carbonyl (C=O) groups is 1. The summed E-state index contributed by atoms with van der Waals surface area (Å²) < 4.78 is 4.91. The monoisotopic (exact) mass is 200 g/mol. The van der Waals surface area contributed by atoms with Crippen molar-refractivity contribution in [2.45, 2.75) is 32.9 Å². The van der Waals surface area contributed by atoms with E-state index in [-0.39, 0.29) is 5.97 Å². The maximum Gasteiger partial charge on any atom is 0.320 e. The van der Waals surface area contributed by atoms with Crippen LogP contribution in [0.15, 0.2) is 0 Å². The van der Waals surface area contributed by atoms with Gasteiger partial charge in [-0.3, -0.25) is 9.69 Å². The fourth-order valence-electron chi connectivity index (χ4n) is 1.96. The van der Waals surface area contributed by atoms with E-state index in [4.69, 9.17) is 4.74 Å². The van der Waals surface area contributed by atoms with Gasteiger partial charge in [-0.15, -0.1) is 0 Å². The van der Waals surface area contributed by atoms with Gasteiger partial charge in [-0.25, -0.2) is 0 Å². The molecule has 4 heteroatoms. The Morgan fingerprint density at radius 3 is 2.50 bits per heavy atom. The third kappa shape index (κ3) is 3.64. The number of nitrogens with zero attached hydrogens (tertiary/aromatic N) is 1. The van der Waals surface area contributed by atoms with Crippen LogP contribution in [0.3, 0.4) is 0 Å². The molecule has 1 rings (SSSR count). The maximum atomic E-state index is 11.2. The molecule has 1 saturated heterocycles. The highest BCUT2D eigenvalue weighted by molar-refractivity contribution is 5.71. The van der Waals surface area contributed by atoms with Gasteiger partial charge in [0.1, 0.15) is 0 Å². The van der Waals surface area contributed by atoms with Gasteiger partial charge in [-0.2, -0.15) is 0 Å². The van der Waals surface area contributed by atoms with Crippen LogP contribution >= 0.6 is 0 Å². The van der Waals surface area contributed by atoms with Crippen molar-refractivity contribution in [1.29, 1.82) is 0 Å². The zero-order valence-corrected chi connectivity index (χ0v) is 9.25. The first-order chi connectivity index (χ1) is 6.61. The number of hydrogen-bond acceptors (Lipinski definition) is 4. The summed E-state index contributed by atoms with van der Waals surface area (Å²) in [5, 5.41) is 3.42. The number of ether oxygens (including phenoxy) is 1. The highest BCUT2D eigenvalue weighted by atomic mass is 16.5. The molecule has 0 bridgehead atoms. The first-order valence-electron chi connectivity index (χ1n) is 5.25. The lowest BCUT2D eigenvalue weighted by molar-refractivity contribution is -0.144. The Labute approximate surface area is 85.6 Å². The van der Waals surface area contributed by atoms with Crippen LogP contribution < -0.4 is 5.32 Å². The maximum absolute atomic E-state index is 11.2. The molecule has 14 heavy (non-hydrogen) atoms. The predicted molar refractivity (Wildman–Crippen MR) is 55.1 cm³/mol. The Morgan fingerprint density at radius 2 is 2.00 bits per heavy atom. The standard InChI is InChI=1S/C10H20N2O2/c1-4-14-10(13)7-12-5-8(2)11-9(3)6-12/h8-9,11H,4-7H2,1-3H3/t8-,9-/m0/s1. The Bertz CT molecular complexity index is 187. The molecule has 0 radical (unpaired) electrons. The normalized spacial score (nSPS) is 28.8. The topological polar surface area (TPSA) is 41.6 Å². The van der Waals surface area contributed by atoms with Crippen LogP contribution in [-0.2, 0) is 9.53 Å². The van der Waals surface area contributed by atoms with E-state index in [1.54, 1.807) is 0 Å². The lowest BCUT2D eigenvalue weighted by Crippen LogP contribution is -2.55. The number of piperazine rings is 1. The van der Waals surface area contributed by atoms with Gasteiger partial charge in [0.25, 0.3) is 0 Å². The molecular formula is C10H20N2O2. The van der Waals surface area contributed by atoms with Gasteiger partial charge in [0.05, 0.1) is 13.2 Å². The van der Waals surface area contributed by atoms with Crippen molar-refractivity contribution in [3.05, 3.63) is 0 Å². The van der Waals surface area contributed by atoms with Gasteiger partial charge >= 0.3 is 5.97 Å². The zero-order chi connectivity index (χ0) is 10.6. The van der Waals surface area contributed by atoms with Crippen molar-refractivity contribution in [3.8, 4) is 0 Å². The van der Waals surface area contributed by atoms with Gasteiger partial charge < -0.3 is 10.1 Å². The summed E-state index contributed by atoms with van der Waals surface area (Å²) in [6, 6.07) is 0.904. The van der Waals surface area contributed by atoms with E-state index in [0.717, 1.165) is 13.1 Å². The first-order valence-corrected chi connectivity index (χ1v) is 5.25. The van der Waals surface area contributed by atoms with Gasteiger partial charge in [0, 0.05) is 25.2 Å². The molecule has 0 aromatic carbocycles. The fourth-order valence-corrected chi connectivity index (χ4v) is 1.96. The van der Waals surface area contributed by atoms with E-state index in [9.17, 15) is 4.79 Å². The van der Waals surface area contributed by atoms with Gasteiger partial charge in [0.2, 0.25) is 0 Å². The van der Waals surface area contributed by atoms with E-state index in [1.807, 2.05) is 6.92 Å². The molecule has 1 fully saturated rings. The van der Waals surface area contributed by atoms with Crippen molar-refractivity contribution in [1.82, 2.24) is 10.2 Å². The van der Waals surface area contributed by atoms with Crippen LogP contribution in [0.5, 0.6) is 0 Å². The number of rotatable bonds is 3. The quantitative estimate of drug-likeness (QED) is 0.662. The average Bonchev–Trinajstić information content (AvgIpc) is 2.01. The fraction of sp³-hybridized carbons (Fsp3) is 0.900. The number of carbonyl (C=O) groups excluding carboxylic acids is 1. The minimum Gasteiger partial charge on any atom is -0.465 e. The van der Waals surface area contributed by atoms with Crippen LogP contribution in [0.2, 0.25) is 0 Å². The van der Waals surface area contributed by atoms with Gasteiger partial charge in [0.15, 0.2) is 0 Å². The molecule has 0 aromatic rings. The van der Waals surface area contributed by atoms with Crippen molar-refractivity contribution in [3.63, 3.8) is 0 Å². The van der Waals surface area contributed by atoms with Gasteiger partial charge in [-0.1, -0.05) is 0 Å². The average molecular weight is 200 g/mol. The summed E-state index contributed by atoms with van der Waals surface area (Å²) in [5.41, 5.74) is 0. The molecule has 82 valence electrons. The second-order valence-electron chi connectivity index (χ2n) is 3.97. The minimum absolute atomic E-state index is 0.117. The van der Waals surface area contributed by atoms with Crippen LogP contribution in [0.4, 0.5) is 0 Å². The number of hydrogen-bond donors (Lipinski definition) is 1. The number of esters is 1. The molecule has 4 nitrogen and oxygen atoms in total. The summed E-state index contributed by atoms with van der Waals surface area (Å²) in [6.45, 7) is 8.83. The Hall–Kier alpha value is -0.610. The van der Waals surface area contributed by atoms with E-state index >= 15 is 0 Å². The zero-order valence-electron chi connectivity index (χ0n) is 9.25. The van der Waals surface area contributed by atoms with Crippen molar-refractivity contribution < 1.29 is 9.53 Å². The van der Waals surface area contributed by atoms with Crippen molar-refractivity contribution >= 4 is 5.97 Å². The smallest absolute Gasteiger partial charge is 0.320 e. The molecule has 1 aliphatic rings. The molecule has 0 spiro atoms. The highest BCUT2D eigenvalue weighted by Gasteiger charge is 2.22. The molecular weight excluding hydrogens is 180 g/mol. The van der Waals surface area contributed by atoms with Gasteiger partial charge in [-0.05, 0) is 20.8 Å². The van der Waals surface area contributed by atoms with E-state index in [0.29, 0.717) is 25.2 Å². The summed E-state index contributed by atoms with van der Waals surface area (Å²) in [6.07, 6.45) is 0. The van der Waals surface area contributed by atoms with Crippen LogP contribution in [-0.4, -0.2) is 49.2 Å². The molecule has 0 aliphatic carbocycles. The SMILES string of the molecule is CCOC(=O)CN1C[C@H](C)N[C@@H](C)C1. The Balaban J connectivity index is 2.33. The molecule has 1 N–H and O–H groups in total. The second-order valence-corrected chi connectivity index (χ2v) is 3.97. The van der Waals surface area contributed by atoms with Crippen molar-refractivity contribution in [2.24, 2.45) is 0 Å². The molecule has 0 aromatic heterocycles. The Morgan fingerprint density at radius 1 is 1.43 bits per heavy atom. The van der Waals surface area contributed by atoms with Crippen LogP contribution in [0.1, 0.15) is 20.8 Å². The van der Waals surface area contributed by atoms with E-state index in [2.05, 4.69) is 24.1 Å². The van der Waals surface area contributed by atoms with E-state index < -0.39 is 0 Å². The molecule has 1 heterocycles. The summed E-state index contributed by atoms with van der Waals surface area (Å²) in [4.78, 5) is 13.4. The van der Waals surface area contributed by atoms with Crippen LogP contribution in [0.25, 0.3) is 0 Å². The summed E-state index contributed by atoms with van der Waals surface area (Å²) in [7, 11) is 0. The van der Waals surface area contributed by atoms with Crippen LogP contribution in [0, 0.1) is 0 Å². The summed E-state index contributed by atoms with van der Waals surface area (Å²) >= 11 is 0. The molecule has 0 unspecified atom stereocenters. The highest BCUT2D eigenvalue weighted by Crippen LogP contribution is 2.03. The lowest BCUT2D eigenvalue weighted by atomic mass is 10.1. The third-order valence-electron chi connectivity index (χ3n) is 2.29. The number of nitrogens with one attached hydrogen (secondary N) is 1. The predicted octanol–water partition coefficient (Wildman–Crippen LogP) is 0.232. The minimum atomic E-state index is -0.117.